The van der Waals surface area contributed by atoms with Gasteiger partial charge < -0.3 is 24.5 Å². The third-order valence-corrected chi connectivity index (χ3v) is 8.46. The van der Waals surface area contributed by atoms with E-state index in [0.717, 1.165) is 61.6 Å². The van der Waals surface area contributed by atoms with Crippen LogP contribution in [0.25, 0.3) is 0 Å². The van der Waals surface area contributed by atoms with Gasteiger partial charge in [0.25, 0.3) is 17.4 Å². The highest BCUT2D eigenvalue weighted by atomic mass is 35.5. The van der Waals surface area contributed by atoms with Gasteiger partial charge in [-0.25, -0.2) is 4.98 Å². The highest BCUT2D eigenvalue weighted by Gasteiger charge is 2.62. The molecule has 0 bridgehead atoms. The summed E-state index contributed by atoms with van der Waals surface area (Å²) < 4.78 is 47.2. The largest absolute Gasteiger partial charge is 0.497 e. The lowest BCUT2D eigenvalue weighted by molar-refractivity contribution is -0.261. The summed E-state index contributed by atoms with van der Waals surface area (Å²) in [6.45, 7) is 1.71. The Hall–Kier alpha value is -3.05. The van der Waals surface area contributed by atoms with Gasteiger partial charge >= 0.3 is 6.18 Å². The molecule has 1 aliphatic carbocycles. The number of aromatic nitrogens is 1. The number of pyridine rings is 1. The van der Waals surface area contributed by atoms with Crippen LogP contribution in [0.5, 0.6) is 5.75 Å². The second-order valence-corrected chi connectivity index (χ2v) is 11.6. The molecule has 2 heterocycles. The van der Waals surface area contributed by atoms with Gasteiger partial charge in [0.15, 0.2) is 0 Å². The van der Waals surface area contributed by atoms with Gasteiger partial charge in [-0.15, -0.1) is 0 Å². The number of likely N-dealkylation sites (N-methyl/N-ethyl adjacent to an activating group) is 1. The topological polar surface area (TPSA) is 86.2 Å². The monoisotopic (exact) mass is 596 g/mol. The molecule has 1 aliphatic heterocycles. The molecule has 2 fully saturated rings. The summed E-state index contributed by atoms with van der Waals surface area (Å²) in [5.74, 6) is 0.0968. The van der Waals surface area contributed by atoms with Crippen LogP contribution in [0.4, 0.5) is 19.0 Å². The highest BCUT2D eigenvalue weighted by Crippen LogP contribution is 2.47. The number of nitrogens with zero attached hydrogens (tertiary/aromatic N) is 4. The Kier molecular flexibility index (Phi) is 9.08. The number of amides is 2. The van der Waals surface area contributed by atoms with E-state index in [0.29, 0.717) is 17.4 Å². The van der Waals surface area contributed by atoms with Gasteiger partial charge in [0, 0.05) is 46.3 Å². The average molecular weight is 597 g/mol. The molecular formula is C29H36ClF3N4O4. The van der Waals surface area contributed by atoms with Crippen LogP contribution in [0.1, 0.15) is 41.6 Å². The first kappa shape index (κ1) is 30.9. The van der Waals surface area contributed by atoms with Gasteiger partial charge in [0.05, 0.1) is 12.7 Å². The van der Waals surface area contributed by atoms with Crippen LogP contribution in [-0.2, 0) is 10.4 Å². The standard InChI is InChI=1S/C29H36ClF3N4O4/c1-35(2)26(38)23-8-9-24(34-25(23)30)37-12-10-18(11-13-37)14-19-15-20(19)17-36(3)27(39)28(40,29(31,32)33)21-6-5-7-22(16-21)41-4/h5-9,16,18-20,40H,10-15,17H2,1-4H3/t19-,20-,28?/m0/s1. The predicted molar refractivity (Wildman–Crippen MR) is 149 cm³/mol. The van der Waals surface area contributed by atoms with E-state index in [4.69, 9.17) is 16.3 Å². The van der Waals surface area contributed by atoms with Crippen molar-refractivity contribution in [1.82, 2.24) is 14.8 Å². The first-order chi connectivity index (χ1) is 19.3. The normalized spacial score (nSPS) is 20.8. The first-order valence-corrected chi connectivity index (χ1v) is 14.0. The molecule has 12 heteroatoms. The molecule has 1 unspecified atom stereocenters. The molecule has 2 aliphatic rings. The molecular weight excluding hydrogens is 561 g/mol. The third kappa shape index (κ3) is 6.56. The number of alkyl halides is 3. The van der Waals surface area contributed by atoms with Crippen molar-refractivity contribution in [3.8, 4) is 5.75 Å². The number of aliphatic hydroxyl groups is 1. The van der Waals surface area contributed by atoms with Crippen molar-refractivity contribution >= 4 is 29.2 Å². The molecule has 0 spiro atoms. The number of rotatable bonds is 9. The molecule has 1 aromatic carbocycles. The lowest BCUT2D eigenvalue weighted by Gasteiger charge is -2.34. The second-order valence-electron chi connectivity index (χ2n) is 11.3. The van der Waals surface area contributed by atoms with E-state index in [1.807, 2.05) is 0 Å². The van der Waals surface area contributed by atoms with Crippen LogP contribution in [0.2, 0.25) is 5.15 Å². The van der Waals surface area contributed by atoms with E-state index in [1.54, 1.807) is 26.2 Å². The smallest absolute Gasteiger partial charge is 0.430 e. The Bertz CT molecular complexity index is 1270. The van der Waals surface area contributed by atoms with Crippen LogP contribution in [-0.4, -0.2) is 85.8 Å². The van der Waals surface area contributed by atoms with Gasteiger partial charge in [0.1, 0.15) is 16.7 Å². The Labute approximate surface area is 243 Å². The van der Waals surface area contributed by atoms with Gasteiger partial charge in [0.2, 0.25) is 0 Å². The van der Waals surface area contributed by atoms with Crippen LogP contribution >= 0.6 is 11.6 Å². The lowest BCUT2D eigenvalue weighted by atomic mass is 9.90. The van der Waals surface area contributed by atoms with E-state index >= 15 is 0 Å². The van der Waals surface area contributed by atoms with E-state index < -0.39 is 23.2 Å². The molecule has 4 rings (SSSR count). The zero-order valence-corrected chi connectivity index (χ0v) is 24.4. The summed E-state index contributed by atoms with van der Waals surface area (Å²) in [6, 6.07) is 8.37. The first-order valence-electron chi connectivity index (χ1n) is 13.6. The fraction of sp³-hybridized carbons (Fsp3) is 0.552. The summed E-state index contributed by atoms with van der Waals surface area (Å²) in [7, 11) is 5.92. The zero-order valence-electron chi connectivity index (χ0n) is 23.6. The van der Waals surface area contributed by atoms with E-state index in [-0.39, 0.29) is 29.3 Å². The fourth-order valence-corrected chi connectivity index (χ4v) is 5.85. The van der Waals surface area contributed by atoms with E-state index in [9.17, 15) is 27.9 Å². The molecule has 41 heavy (non-hydrogen) atoms. The summed E-state index contributed by atoms with van der Waals surface area (Å²) in [4.78, 5) is 34.3. The minimum absolute atomic E-state index is 0.0898. The SMILES string of the molecule is COc1cccc(C(O)(C(=O)N(C)C[C@@H]2C[C@@H]2CC2CCN(c3ccc(C(=O)N(C)C)c(Cl)n3)CC2)C(F)(F)F)c1. The number of anilines is 1. The van der Waals surface area contributed by atoms with Crippen molar-refractivity contribution < 1.29 is 32.6 Å². The predicted octanol–water partition coefficient (Wildman–Crippen LogP) is 4.60. The number of hydrogen-bond donors (Lipinski definition) is 1. The molecule has 2 amide bonds. The maximum atomic E-state index is 14.1. The van der Waals surface area contributed by atoms with Gasteiger partial charge in [-0.3, -0.25) is 9.59 Å². The average Bonchev–Trinajstić information content (AvgIpc) is 3.67. The number of halogens is 4. The Morgan fingerprint density at radius 2 is 1.80 bits per heavy atom. The third-order valence-electron chi connectivity index (χ3n) is 8.18. The minimum atomic E-state index is -5.21. The van der Waals surface area contributed by atoms with Crippen LogP contribution < -0.4 is 9.64 Å². The zero-order chi connectivity index (χ0) is 30.1. The number of methoxy groups -OCH3 is 1. The van der Waals surface area contributed by atoms with Crippen molar-refractivity contribution in [2.24, 2.45) is 17.8 Å². The Balaban J connectivity index is 1.30. The van der Waals surface area contributed by atoms with Crippen LogP contribution in [0.3, 0.4) is 0 Å². The molecule has 0 radical (unpaired) electrons. The van der Waals surface area contributed by atoms with Gasteiger partial charge in [-0.2, -0.15) is 13.2 Å². The van der Waals surface area contributed by atoms with Crippen molar-refractivity contribution in [2.75, 3.05) is 52.8 Å². The molecule has 224 valence electrons. The van der Waals surface area contributed by atoms with E-state index in [1.165, 1.54) is 31.2 Å². The Morgan fingerprint density at radius 1 is 1.12 bits per heavy atom. The number of carbonyl (C=O) groups is 2. The number of ether oxygens (including phenoxy) is 1. The molecule has 1 N–H and O–H groups in total. The number of hydrogen-bond acceptors (Lipinski definition) is 6. The highest BCUT2D eigenvalue weighted by molar-refractivity contribution is 6.32. The summed E-state index contributed by atoms with van der Waals surface area (Å²) in [6.07, 6.45) is -1.58. The molecule has 1 saturated heterocycles. The molecule has 3 atom stereocenters. The lowest BCUT2D eigenvalue weighted by Crippen LogP contribution is -2.55. The minimum Gasteiger partial charge on any atom is -0.497 e. The summed E-state index contributed by atoms with van der Waals surface area (Å²) >= 11 is 6.28. The number of carbonyl (C=O) groups excluding carboxylic acids is 2. The quantitative estimate of drug-likeness (QED) is 0.426. The number of benzene rings is 1. The second kappa shape index (κ2) is 12.1. The fourth-order valence-electron chi connectivity index (χ4n) is 5.62. The van der Waals surface area contributed by atoms with Crippen molar-refractivity contribution in [2.45, 2.75) is 37.5 Å². The van der Waals surface area contributed by atoms with E-state index in [2.05, 4.69) is 9.88 Å². The van der Waals surface area contributed by atoms with Crippen LogP contribution in [0.15, 0.2) is 36.4 Å². The van der Waals surface area contributed by atoms with Crippen molar-refractivity contribution in [3.05, 3.63) is 52.7 Å². The number of piperidine rings is 1. The molecule has 8 nitrogen and oxygen atoms in total. The van der Waals surface area contributed by atoms with Gasteiger partial charge in [-0.1, -0.05) is 23.7 Å². The van der Waals surface area contributed by atoms with Gasteiger partial charge in [-0.05, 0) is 67.7 Å². The van der Waals surface area contributed by atoms with Crippen molar-refractivity contribution in [3.63, 3.8) is 0 Å². The summed E-state index contributed by atoms with van der Waals surface area (Å²) in [5, 5.41) is 10.9. The maximum absolute atomic E-state index is 14.1. The molecule has 2 aromatic rings. The van der Waals surface area contributed by atoms with Crippen LogP contribution in [0, 0.1) is 17.8 Å². The Morgan fingerprint density at radius 3 is 2.39 bits per heavy atom. The van der Waals surface area contributed by atoms with Crippen molar-refractivity contribution in [1.29, 1.82) is 0 Å². The molecule has 1 aromatic heterocycles. The maximum Gasteiger partial charge on any atom is 0.430 e. The molecule has 1 saturated carbocycles. The summed E-state index contributed by atoms with van der Waals surface area (Å²) in [5.41, 5.74) is -3.88.